The average molecular weight is 908 g/mol. The number of halogens is 4. The first-order chi connectivity index (χ1) is 22.0. The first-order valence-electron chi connectivity index (χ1n) is 15.3. The number of hydrogen-bond acceptors (Lipinski definition) is 10. The van der Waals surface area contributed by atoms with E-state index in [1.54, 1.807) is 6.92 Å². The van der Waals surface area contributed by atoms with Gasteiger partial charge in [-0.1, -0.05) is 0 Å². The molecular weight excluding hydrogens is 872 g/mol. The van der Waals surface area contributed by atoms with E-state index >= 15 is 4.39 Å². The van der Waals surface area contributed by atoms with Crippen LogP contribution in [-0.4, -0.2) is 102 Å². The van der Waals surface area contributed by atoms with Gasteiger partial charge in [0.15, 0.2) is 0 Å². The second-order valence-corrected chi connectivity index (χ2v) is 14.9. The Morgan fingerprint density at radius 3 is 2.85 bits per heavy atom. The molecule has 0 radical (unpaired) electrons. The maximum Gasteiger partial charge on any atom is 0.319 e. The topological polar surface area (TPSA) is 100 Å². The van der Waals surface area contributed by atoms with Gasteiger partial charge in [-0.2, -0.15) is 26.7 Å². The van der Waals surface area contributed by atoms with Crippen molar-refractivity contribution >= 4 is 65.7 Å². The van der Waals surface area contributed by atoms with Crippen LogP contribution in [0.5, 0.6) is 11.8 Å². The van der Waals surface area contributed by atoms with Crippen molar-refractivity contribution in [2.24, 2.45) is 0 Å². The average Bonchev–Trinajstić information content (AvgIpc) is 3.63. The molecular formula is C32H35CeF3IN6O3S-. The van der Waals surface area contributed by atoms with Crippen LogP contribution in [0.15, 0.2) is 12.1 Å². The van der Waals surface area contributed by atoms with Gasteiger partial charge in [0.25, 0.3) is 0 Å². The van der Waals surface area contributed by atoms with Gasteiger partial charge in [-0.05, 0) is 79.3 Å². The number of hydrogen-bond donors (Lipinski definition) is 2. The predicted molar refractivity (Wildman–Crippen MR) is 182 cm³/mol. The van der Waals surface area contributed by atoms with Crippen LogP contribution < -0.4 is 20.1 Å². The zero-order valence-electron chi connectivity index (χ0n) is 26.2. The fourth-order valence-corrected chi connectivity index (χ4v) is 8.92. The molecule has 2 aromatic heterocycles. The molecule has 3 N–H and O–H groups in total. The molecule has 15 heteroatoms. The molecule has 4 aromatic rings. The van der Waals surface area contributed by atoms with Crippen LogP contribution >= 0.6 is 33.9 Å². The summed E-state index contributed by atoms with van der Waals surface area (Å²) in [6.07, 6.45) is 0.349. The normalized spacial score (nSPS) is 23.2. The van der Waals surface area contributed by atoms with E-state index in [2.05, 4.69) is 16.0 Å². The van der Waals surface area contributed by atoms with Crippen molar-refractivity contribution in [2.75, 3.05) is 64.1 Å². The van der Waals surface area contributed by atoms with E-state index in [0.29, 0.717) is 57.5 Å². The summed E-state index contributed by atoms with van der Waals surface area (Å²) in [7, 11) is 3.89. The van der Waals surface area contributed by atoms with Crippen molar-refractivity contribution in [3.05, 3.63) is 33.4 Å². The van der Waals surface area contributed by atoms with Gasteiger partial charge in [0.05, 0.1) is 32.5 Å². The summed E-state index contributed by atoms with van der Waals surface area (Å²) < 4.78 is 59.9. The number of aromatic nitrogens is 2. The van der Waals surface area contributed by atoms with Gasteiger partial charge in [-0.15, -0.1) is 17.7 Å². The molecule has 2 saturated heterocycles. The van der Waals surface area contributed by atoms with E-state index in [9.17, 15) is 13.9 Å². The van der Waals surface area contributed by atoms with E-state index in [4.69, 9.17) is 20.2 Å². The molecule has 0 bridgehead atoms. The van der Waals surface area contributed by atoms with Crippen molar-refractivity contribution < 1.29 is 69.5 Å². The molecule has 7 rings (SSSR count). The predicted octanol–water partition coefficient (Wildman–Crippen LogP) is 5.24. The SMILES string of the molecule is CC(O)C1COc2c(I)c(-c3ccc(F)c4sc(N)[c-]c34)c(F)c3nc(OC[C@@]45CCCN4C[C@H](F)C5)nc(c23)N1CCN(C)C.[Ce]. The fourth-order valence-electron chi connectivity index (χ4n) is 7.17. The van der Waals surface area contributed by atoms with Crippen LogP contribution in [0.4, 0.5) is 24.0 Å². The first-order valence-corrected chi connectivity index (χ1v) is 17.2. The van der Waals surface area contributed by atoms with Gasteiger partial charge in [-0.3, -0.25) is 4.90 Å². The summed E-state index contributed by atoms with van der Waals surface area (Å²) in [4.78, 5) is 15.6. The Bertz CT molecular complexity index is 1830. The summed E-state index contributed by atoms with van der Waals surface area (Å²) in [5.74, 6) is -0.375. The largest absolute Gasteiger partial charge is 0.489 e. The molecule has 2 aromatic carbocycles. The third-order valence-corrected chi connectivity index (χ3v) is 11.4. The van der Waals surface area contributed by atoms with Crippen molar-refractivity contribution in [1.29, 1.82) is 0 Å². The number of rotatable bonds is 8. The molecule has 2 unspecified atom stereocenters. The van der Waals surface area contributed by atoms with E-state index in [-0.39, 0.29) is 81.8 Å². The Hall–Kier alpha value is -1.28. The Kier molecular flexibility index (Phi) is 10.4. The van der Waals surface area contributed by atoms with E-state index in [0.717, 1.165) is 30.7 Å². The molecule has 2 fully saturated rings. The van der Waals surface area contributed by atoms with Gasteiger partial charge in [0, 0.05) is 72.8 Å². The Balaban J connectivity index is 0.00000386. The maximum absolute atomic E-state index is 17.1. The van der Waals surface area contributed by atoms with Crippen LogP contribution in [0.25, 0.3) is 32.1 Å². The standard InChI is InChI=1S/C32H35F3IN6O3S.Ce/c1-16(43)21-14-44-28-24-27(25(35)23(26(28)36)18-5-6-20(34)29-19(18)11-22(37)46-29)38-31(39-30(24)42(21)10-9-40(2)3)45-15-32-7-4-8-41(32)13-17(33)12-32;/h5-6,16-17,21,43H,4,7-10,12-15,37H2,1-3H3;/q-1;/t16?,17-,21?,32+;/m1./s1. The molecule has 4 atom stereocenters. The van der Waals surface area contributed by atoms with Crippen molar-refractivity contribution in [3.8, 4) is 22.9 Å². The number of fused-ring (bicyclic) bond motifs is 2. The molecule has 5 heterocycles. The van der Waals surface area contributed by atoms with Gasteiger partial charge in [0.1, 0.15) is 42.3 Å². The first kappa shape index (κ1) is 35.5. The zero-order chi connectivity index (χ0) is 32.5. The zero-order valence-corrected chi connectivity index (χ0v) is 32.4. The number of nitrogens with zero attached hydrogens (tertiary/aromatic N) is 5. The van der Waals surface area contributed by atoms with Crippen LogP contribution in [0.1, 0.15) is 26.2 Å². The van der Waals surface area contributed by atoms with Crippen LogP contribution in [0.2, 0.25) is 0 Å². The summed E-state index contributed by atoms with van der Waals surface area (Å²) in [6, 6.07) is 5.24. The number of aliphatic hydroxyl groups excluding tert-OH is 1. The molecule has 3 aliphatic rings. The molecule has 9 nitrogen and oxygen atoms in total. The summed E-state index contributed by atoms with van der Waals surface area (Å²) >= 11 is 3.09. The van der Waals surface area contributed by atoms with Crippen molar-refractivity contribution in [1.82, 2.24) is 19.8 Å². The number of aliphatic hydroxyl groups is 1. The van der Waals surface area contributed by atoms with Crippen molar-refractivity contribution in [3.63, 3.8) is 0 Å². The third kappa shape index (κ3) is 6.31. The molecule has 250 valence electrons. The minimum absolute atomic E-state index is 0. The molecule has 0 saturated carbocycles. The summed E-state index contributed by atoms with van der Waals surface area (Å²) in [5.41, 5.74) is 6.10. The number of nitrogen functional groups attached to an aromatic ring is 1. The molecule has 3 aliphatic heterocycles. The second-order valence-electron chi connectivity index (χ2n) is 12.8. The number of alkyl halides is 1. The fraction of sp³-hybridized carbons (Fsp3) is 0.500. The smallest absolute Gasteiger partial charge is 0.319 e. The van der Waals surface area contributed by atoms with Crippen LogP contribution in [-0.2, 0) is 0 Å². The quantitative estimate of drug-likeness (QED) is 0.182. The summed E-state index contributed by atoms with van der Waals surface area (Å²) in [6.45, 7) is 4.20. The maximum atomic E-state index is 17.1. The van der Waals surface area contributed by atoms with Gasteiger partial charge in [-0.25, -0.2) is 13.2 Å². The van der Waals surface area contributed by atoms with E-state index in [1.807, 2.05) is 46.5 Å². The molecule has 0 aliphatic carbocycles. The number of thiophene rings is 1. The summed E-state index contributed by atoms with van der Waals surface area (Å²) in [5, 5.41) is 11.9. The van der Waals surface area contributed by atoms with Gasteiger partial charge in [0.2, 0.25) is 0 Å². The number of likely N-dealkylation sites (N-methyl/N-ethyl adjacent to an activating group) is 1. The van der Waals surface area contributed by atoms with Crippen LogP contribution in [0, 0.1) is 63.0 Å². The van der Waals surface area contributed by atoms with E-state index < -0.39 is 35.5 Å². The molecule has 0 spiro atoms. The van der Waals surface area contributed by atoms with Gasteiger partial charge >= 0.3 is 6.01 Å². The number of nitrogens with two attached hydrogens (primary N) is 1. The minimum atomic E-state index is -0.934. The number of ether oxygens (including phenoxy) is 2. The van der Waals surface area contributed by atoms with E-state index in [1.165, 1.54) is 12.1 Å². The molecule has 0 amide bonds. The Labute approximate surface area is 322 Å². The van der Waals surface area contributed by atoms with Crippen molar-refractivity contribution in [2.45, 2.75) is 50.0 Å². The number of anilines is 2. The second kappa shape index (κ2) is 13.8. The monoisotopic (exact) mass is 907 g/mol. The molecule has 47 heavy (non-hydrogen) atoms. The van der Waals surface area contributed by atoms with Gasteiger partial charge < -0.3 is 30.1 Å². The Morgan fingerprint density at radius 2 is 2.11 bits per heavy atom. The Morgan fingerprint density at radius 1 is 1.32 bits per heavy atom. The minimum Gasteiger partial charge on any atom is -0.489 e. The third-order valence-electron chi connectivity index (χ3n) is 9.43. The number of benzene rings is 2. The van der Waals surface area contributed by atoms with Crippen LogP contribution in [0.3, 0.4) is 0 Å².